The summed E-state index contributed by atoms with van der Waals surface area (Å²) in [6, 6.07) is 10.1. The molecule has 0 aliphatic carbocycles. The number of aromatic nitrogens is 2. The highest BCUT2D eigenvalue weighted by molar-refractivity contribution is 5.79. The molecule has 3 rings (SSSR count). The zero-order valence-corrected chi connectivity index (χ0v) is 15.9. The molecule has 1 atom stereocenters. The number of para-hydroxylation sites is 1. The van der Waals surface area contributed by atoms with Gasteiger partial charge >= 0.3 is 0 Å². The van der Waals surface area contributed by atoms with Crippen molar-refractivity contribution in [3.05, 3.63) is 48.3 Å². The Morgan fingerprint density at radius 2 is 2.22 bits per heavy atom. The molecule has 0 radical (unpaired) electrons. The molecular weight excluding hydrogens is 342 g/mol. The van der Waals surface area contributed by atoms with Gasteiger partial charge in [0.25, 0.3) is 0 Å². The molecule has 146 valence electrons. The second-order valence-electron chi connectivity index (χ2n) is 6.54. The van der Waals surface area contributed by atoms with Gasteiger partial charge in [0.2, 0.25) is 0 Å². The Labute approximate surface area is 160 Å². The van der Waals surface area contributed by atoms with Crippen LogP contribution in [0.3, 0.4) is 0 Å². The van der Waals surface area contributed by atoms with E-state index in [9.17, 15) is 0 Å². The average molecular weight is 371 g/mol. The molecule has 1 aromatic heterocycles. The molecule has 7 nitrogen and oxygen atoms in total. The molecule has 2 heterocycles. The summed E-state index contributed by atoms with van der Waals surface area (Å²) in [6.07, 6.45) is 7.39. The van der Waals surface area contributed by atoms with Crippen molar-refractivity contribution in [1.82, 2.24) is 20.4 Å². The lowest BCUT2D eigenvalue weighted by Gasteiger charge is -2.12. The molecule has 27 heavy (non-hydrogen) atoms. The van der Waals surface area contributed by atoms with Gasteiger partial charge in [0, 0.05) is 45.1 Å². The van der Waals surface area contributed by atoms with E-state index in [0.717, 1.165) is 56.2 Å². The van der Waals surface area contributed by atoms with Gasteiger partial charge in [-0.05, 0) is 31.4 Å². The van der Waals surface area contributed by atoms with Crippen LogP contribution in [0.25, 0.3) is 5.69 Å². The molecule has 0 bridgehead atoms. The van der Waals surface area contributed by atoms with E-state index in [1.54, 1.807) is 7.05 Å². The van der Waals surface area contributed by atoms with Gasteiger partial charge in [-0.2, -0.15) is 5.10 Å². The topological polar surface area (TPSA) is 72.7 Å². The molecular formula is C20H29N5O2. The third-order valence-corrected chi connectivity index (χ3v) is 4.43. The van der Waals surface area contributed by atoms with Crippen LogP contribution < -0.4 is 10.6 Å². The molecule has 1 aliphatic heterocycles. The van der Waals surface area contributed by atoms with E-state index in [0.29, 0.717) is 19.3 Å². The first-order valence-electron chi connectivity index (χ1n) is 9.58. The van der Waals surface area contributed by atoms with Crippen molar-refractivity contribution in [3.8, 4) is 5.69 Å². The van der Waals surface area contributed by atoms with E-state index in [1.807, 2.05) is 47.4 Å². The minimum absolute atomic E-state index is 0.296. The van der Waals surface area contributed by atoms with E-state index < -0.39 is 0 Å². The van der Waals surface area contributed by atoms with Crippen LogP contribution in [-0.4, -0.2) is 55.3 Å². The van der Waals surface area contributed by atoms with Gasteiger partial charge in [0.1, 0.15) is 0 Å². The van der Waals surface area contributed by atoms with Gasteiger partial charge in [-0.3, -0.25) is 4.99 Å². The molecule has 1 saturated heterocycles. The van der Waals surface area contributed by atoms with Crippen LogP contribution in [0.4, 0.5) is 0 Å². The standard InChI is InChI=1S/C20H29N5O2/c1-21-20(22-10-6-11-26-16-19-9-5-12-27-19)23-13-17-14-24-25(15-17)18-7-3-2-4-8-18/h2-4,7-8,14-15,19H,5-6,9-13,16H2,1H3,(H2,21,22,23). The van der Waals surface area contributed by atoms with E-state index >= 15 is 0 Å². The van der Waals surface area contributed by atoms with Crippen LogP contribution >= 0.6 is 0 Å². The van der Waals surface area contributed by atoms with E-state index in [1.165, 1.54) is 0 Å². The van der Waals surface area contributed by atoms with Crippen LogP contribution in [0.5, 0.6) is 0 Å². The normalized spacial score (nSPS) is 17.2. The maximum Gasteiger partial charge on any atom is 0.191 e. The highest BCUT2D eigenvalue weighted by atomic mass is 16.5. The minimum atomic E-state index is 0.296. The Hall–Kier alpha value is -2.38. The fourth-order valence-corrected chi connectivity index (χ4v) is 2.95. The van der Waals surface area contributed by atoms with Crippen LogP contribution in [-0.2, 0) is 16.0 Å². The SMILES string of the molecule is CN=C(NCCCOCC1CCCO1)NCc1cnn(-c2ccccc2)c1. The second-order valence-corrected chi connectivity index (χ2v) is 6.54. The fraction of sp³-hybridized carbons (Fsp3) is 0.500. The lowest BCUT2D eigenvalue weighted by molar-refractivity contribution is 0.0168. The highest BCUT2D eigenvalue weighted by Gasteiger charge is 2.14. The van der Waals surface area contributed by atoms with Gasteiger partial charge in [0.05, 0.1) is 24.6 Å². The Kier molecular flexibility index (Phi) is 7.68. The third-order valence-electron chi connectivity index (χ3n) is 4.43. The van der Waals surface area contributed by atoms with Gasteiger partial charge in [-0.15, -0.1) is 0 Å². The quantitative estimate of drug-likeness (QED) is 0.401. The minimum Gasteiger partial charge on any atom is -0.379 e. The number of nitrogens with zero attached hydrogens (tertiary/aromatic N) is 3. The van der Waals surface area contributed by atoms with E-state index in [4.69, 9.17) is 9.47 Å². The summed E-state index contributed by atoms with van der Waals surface area (Å²) in [6.45, 7) is 3.80. The maximum atomic E-state index is 5.67. The van der Waals surface area contributed by atoms with Crippen molar-refractivity contribution in [2.24, 2.45) is 4.99 Å². The molecule has 1 aromatic carbocycles. The van der Waals surface area contributed by atoms with Gasteiger partial charge in [0.15, 0.2) is 5.96 Å². The van der Waals surface area contributed by atoms with Gasteiger partial charge < -0.3 is 20.1 Å². The average Bonchev–Trinajstić information content (AvgIpc) is 3.39. The summed E-state index contributed by atoms with van der Waals surface area (Å²) < 4.78 is 13.1. The first-order chi connectivity index (χ1) is 13.3. The summed E-state index contributed by atoms with van der Waals surface area (Å²) in [5.41, 5.74) is 2.15. The Morgan fingerprint density at radius 3 is 3.00 bits per heavy atom. The Balaban J connectivity index is 1.31. The smallest absolute Gasteiger partial charge is 0.191 e. The van der Waals surface area contributed by atoms with Gasteiger partial charge in [-0.25, -0.2) is 4.68 Å². The monoisotopic (exact) mass is 371 g/mol. The number of ether oxygens (including phenoxy) is 2. The molecule has 1 unspecified atom stereocenters. The molecule has 0 amide bonds. The predicted octanol–water partition coefficient (Wildman–Crippen LogP) is 2.12. The van der Waals surface area contributed by atoms with Crippen LogP contribution in [0.2, 0.25) is 0 Å². The van der Waals surface area contributed by atoms with Crippen LogP contribution in [0, 0.1) is 0 Å². The number of aliphatic imine (C=N–C) groups is 1. The van der Waals surface area contributed by atoms with Gasteiger partial charge in [-0.1, -0.05) is 18.2 Å². The molecule has 1 aliphatic rings. The third kappa shape index (κ3) is 6.37. The summed E-state index contributed by atoms with van der Waals surface area (Å²) in [4.78, 5) is 4.26. The van der Waals surface area contributed by atoms with Crippen molar-refractivity contribution in [3.63, 3.8) is 0 Å². The molecule has 1 fully saturated rings. The number of hydrogen-bond donors (Lipinski definition) is 2. The first kappa shape index (κ1) is 19.4. The highest BCUT2D eigenvalue weighted by Crippen LogP contribution is 2.11. The molecule has 7 heteroatoms. The zero-order chi connectivity index (χ0) is 18.7. The number of guanidine groups is 1. The molecule has 2 aromatic rings. The summed E-state index contributed by atoms with van der Waals surface area (Å²) >= 11 is 0. The Bertz CT molecular complexity index is 695. The molecule has 2 N–H and O–H groups in total. The fourth-order valence-electron chi connectivity index (χ4n) is 2.95. The van der Waals surface area contributed by atoms with Crippen molar-refractivity contribution in [2.75, 3.05) is 33.4 Å². The molecule has 0 spiro atoms. The Morgan fingerprint density at radius 1 is 1.33 bits per heavy atom. The number of hydrogen-bond acceptors (Lipinski definition) is 4. The van der Waals surface area contributed by atoms with Crippen LogP contribution in [0.15, 0.2) is 47.7 Å². The van der Waals surface area contributed by atoms with E-state index in [-0.39, 0.29) is 0 Å². The summed E-state index contributed by atoms with van der Waals surface area (Å²) in [5, 5.41) is 11.0. The van der Waals surface area contributed by atoms with Crippen molar-refractivity contribution in [1.29, 1.82) is 0 Å². The maximum absolute atomic E-state index is 5.67. The zero-order valence-electron chi connectivity index (χ0n) is 15.9. The lowest BCUT2D eigenvalue weighted by Crippen LogP contribution is -2.37. The summed E-state index contributed by atoms with van der Waals surface area (Å²) in [5.74, 6) is 0.779. The second kappa shape index (κ2) is 10.7. The number of rotatable bonds is 9. The van der Waals surface area contributed by atoms with Crippen LogP contribution in [0.1, 0.15) is 24.8 Å². The number of nitrogens with one attached hydrogen (secondary N) is 2. The predicted molar refractivity (Wildman–Crippen MR) is 106 cm³/mol. The first-order valence-corrected chi connectivity index (χ1v) is 9.58. The van der Waals surface area contributed by atoms with Crippen molar-refractivity contribution >= 4 is 5.96 Å². The summed E-state index contributed by atoms with van der Waals surface area (Å²) in [7, 11) is 1.77. The largest absolute Gasteiger partial charge is 0.379 e. The molecule has 0 saturated carbocycles. The number of benzene rings is 1. The van der Waals surface area contributed by atoms with Crippen molar-refractivity contribution < 1.29 is 9.47 Å². The van der Waals surface area contributed by atoms with Crippen molar-refractivity contribution in [2.45, 2.75) is 31.9 Å². The lowest BCUT2D eigenvalue weighted by atomic mass is 10.2. The van der Waals surface area contributed by atoms with E-state index in [2.05, 4.69) is 20.7 Å².